The highest BCUT2D eigenvalue weighted by Gasteiger charge is 2.28. The number of aromatic amines is 1. The van der Waals surface area contributed by atoms with E-state index >= 15 is 4.39 Å². The number of aliphatic imine (C=N–C) groups is 1. The number of rotatable bonds is 20. The van der Waals surface area contributed by atoms with Crippen LogP contribution >= 0.6 is 23.4 Å². The van der Waals surface area contributed by atoms with Gasteiger partial charge in [-0.3, -0.25) is 18.8 Å². The fourth-order valence-electron chi connectivity index (χ4n) is 6.79. The first kappa shape index (κ1) is 38.9. The average Bonchev–Trinajstić information content (AvgIpc) is 3.91. The van der Waals surface area contributed by atoms with Crippen molar-refractivity contribution in [3.63, 3.8) is 0 Å². The van der Waals surface area contributed by atoms with Crippen LogP contribution in [0.4, 0.5) is 8.78 Å². The normalized spacial score (nSPS) is 14.9. The summed E-state index contributed by atoms with van der Waals surface area (Å²) in [5.41, 5.74) is 21.1. The number of H-pyrrole nitrogens is 1. The van der Waals surface area contributed by atoms with Crippen molar-refractivity contribution in [3.05, 3.63) is 75.0 Å². The Bertz CT molecular complexity index is 1860. The number of fused-ring (bicyclic) bond motifs is 1. The molecule has 0 saturated heterocycles. The van der Waals surface area contributed by atoms with Crippen molar-refractivity contribution in [3.8, 4) is 16.9 Å². The number of nitrogens with two attached hydrogens (primary N) is 3. The fraction of sp³-hybridized carbons (Fsp3) is 0.500. The number of nitrogens with zero attached hydrogens (tertiary/aromatic N) is 4. The lowest BCUT2D eigenvalue weighted by Gasteiger charge is -2.33. The van der Waals surface area contributed by atoms with Crippen molar-refractivity contribution in [2.24, 2.45) is 28.1 Å². The Kier molecular flexibility index (Phi) is 14.1. The van der Waals surface area contributed by atoms with Crippen molar-refractivity contribution in [1.82, 2.24) is 19.4 Å². The molecule has 0 spiro atoms. The van der Waals surface area contributed by atoms with E-state index in [2.05, 4.69) is 32.9 Å². The van der Waals surface area contributed by atoms with Crippen LogP contribution in [0.25, 0.3) is 28.0 Å². The van der Waals surface area contributed by atoms with E-state index in [4.69, 9.17) is 28.8 Å². The number of halogens is 3. The van der Waals surface area contributed by atoms with Gasteiger partial charge in [-0.05, 0) is 105 Å². The lowest BCUT2D eigenvalue weighted by molar-refractivity contribution is 0.175. The van der Waals surface area contributed by atoms with Gasteiger partial charge in [-0.25, -0.2) is 9.18 Å². The van der Waals surface area contributed by atoms with Crippen LogP contribution in [-0.4, -0.2) is 70.4 Å². The van der Waals surface area contributed by atoms with E-state index in [0.29, 0.717) is 59.2 Å². The molecular formula is C38H51ClF2N8OS. The van der Waals surface area contributed by atoms with Crippen molar-refractivity contribution < 1.29 is 8.78 Å². The highest BCUT2D eigenvalue weighted by atomic mass is 35.5. The number of nitrogens with one attached hydrogen (secondary N) is 1. The van der Waals surface area contributed by atoms with E-state index in [1.807, 2.05) is 24.5 Å². The van der Waals surface area contributed by atoms with Crippen LogP contribution in [0, 0.1) is 11.7 Å². The van der Waals surface area contributed by atoms with Gasteiger partial charge < -0.3 is 22.2 Å². The maximum atomic E-state index is 15.4. The number of thioether (sulfide) groups is 1. The molecule has 276 valence electrons. The zero-order valence-corrected chi connectivity index (χ0v) is 31.2. The smallest absolute Gasteiger partial charge is 0.354 e. The molecule has 2 atom stereocenters. The molecule has 1 saturated carbocycles. The standard InChI is InChI=1S/C38H51ClF2N8OS/c1-3-7-33(48(16-5-14-40)17-6-15-45-35(44)22-42)28-13-12-27(21-34(28)51-2)49-23-26-20-32(46-37(26)47-38(49)50)29-18-24(19-30(39)36(29)41)8-4-9-31(43)25-10-11-25/h12-13,18-21,23,25,31,33H,3-11,14-17,22,42-43H2,1-2H3,(H2,44,45)(H,46,47,50). The molecule has 1 aliphatic carbocycles. The summed E-state index contributed by atoms with van der Waals surface area (Å²) in [6.45, 7) is 3.89. The summed E-state index contributed by atoms with van der Waals surface area (Å²) in [5.74, 6) is 0.544. The minimum absolute atomic E-state index is 0.0549. The zero-order chi connectivity index (χ0) is 36.5. The van der Waals surface area contributed by atoms with Gasteiger partial charge in [0.1, 0.15) is 11.5 Å². The monoisotopic (exact) mass is 740 g/mol. The summed E-state index contributed by atoms with van der Waals surface area (Å²) < 4.78 is 30.3. The minimum atomic E-state index is -0.522. The fourth-order valence-corrected chi connectivity index (χ4v) is 7.71. The van der Waals surface area contributed by atoms with Crippen molar-refractivity contribution in [2.75, 3.05) is 39.1 Å². The molecule has 0 bridgehead atoms. The Morgan fingerprint density at radius 2 is 1.96 bits per heavy atom. The van der Waals surface area contributed by atoms with Gasteiger partial charge in [-0.15, -0.1) is 11.8 Å². The molecule has 2 aromatic heterocycles. The first-order chi connectivity index (χ1) is 24.7. The molecule has 0 amide bonds. The number of alkyl halides is 1. The Hall–Kier alpha value is -3.29. The van der Waals surface area contributed by atoms with Gasteiger partial charge in [0.25, 0.3) is 0 Å². The number of amidine groups is 1. The van der Waals surface area contributed by atoms with Crippen LogP contribution in [-0.2, 0) is 6.42 Å². The van der Waals surface area contributed by atoms with Crippen molar-refractivity contribution in [1.29, 1.82) is 0 Å². The second-order valence-corrected chi connectivity index (χ2v) is 14.7. The van der Waals surface area contributed by atoms with E-state index in [-0.39, 0.29) is 30.3 Å². The Morgan fingerprint density at radius 1 is 1.18 bits per heavy atom. The molecule has 2 unspecified atom stereocenters. The van der Waals surface area contributed by atoms with Crippen molar-refractivity contribution >= 4 is 40.2 Å². The lowest BCUT2D eigenvalue weighted by atomic mass is 9.99. The molecule has 7 N–H and O–H groups in total. The second-order valence-electron chi connectivity index (χ2n) is 13.5. The molecule has 13 heteroatoms. The first-order valence-corrected chi connectivity index (χ1v) is 19.6. The predicted octanol–water partition coefficient (Wildman–Crippen LogP) is 7.16. The van der Waals surface area contributed by atoms with Crippen LogP contribution in [0.15, 0.2) is 57.3 Å². The third-order valence-electron chi connectivity index (χ3n) is 9.68. The Balaban J connectivity index is 1.41. The van der Waals surface area contributed by atoms with E-state index in [1.165, 1.54) is 17.4 Å². The number of aromatic nitrogens is 3. The zero-order valence-electron chi connectivity index (χ0n) is 29.6. The minimum Gasteiger partial charge on any atom is -0.386 e. The van der Waals surface area contributed by atoms with Crippen LogP contribution in [0.5, 0.6) is 0 Å². The summed E-state index contributed by atoms with van der Waals surface area (Å²) in [4.78, 5) is 28.6. The molecule has 2 aromatic carbocycles. The number of aryl methyl sites for hydroxylation is 1. The summed E-state index contributed by atoms with van der Waals surface area (Å²) >= 11 is 7.96. The number of benzene rings is 2. The second kappa shape index (κ2) is 18.5. The third-order valence-corrected chi connectivity index (χ3v) is 10.7. The van der Waals surface area contributed by atoms with Gasteiger partial charge in [0.05, 0.1) is 29.6 Å². The van der Waals surface area contributed by atoms with E-state index < -0.39 is 11.5 Å². The summed E-state index contributed by atoms with van der Waals surface area (Å²) in [6.07, 6.45) is 11.8. The van der Waals surface area contributed by atoms with Gasteiger partial charge >= 0.3 is 5.69 Å². The molecule has 4 aromatic rings. The van der Waals surface area contributed by atoms with Crippen LogP contribution < -0.4 is 22.9 Å². The first-order valence-electron chi connectivity index (χ1n) is 18.0. The summed E-state index contributed by atoms with van der Waals surface area (Å²) in [6, 6.07) is 11.6. The maximum Gasteiger partial charge on any atom is 0.354 e. The van der Waals surface area contributed by atoms with Crippen LogP contribution in [0.3, 0.4) is 0 Å². The molecule has 0 aliphatic heterocycles. The van der Waals surface area contributed by atoms with Crippen LogP contribution in [0.1, 0.15) is 75.5 Å². The molecule has 0 radical (unpaired) electrons. The van der Waals surface area contributed by atoms with E-state index in [0.717, 1.165) is 61.1 Å². The largest absolute Gasteiger partial charge is 0.386 e. The quantitative estimate of drug-likeness (QED) is 0.0326. The summed E-state index contributed by atoms with van der Waals surface area (Å²) in [7, 11) is 0. The lowest BCUT2D eigenvalue weighted by Crippen LogP contribution is -2.32. The molecule has 51 heavy (non-hydrogen) atoms. The highest BCUT2D eigenvalue weighted by Crippen LogP contribution is 2.36. The average molecular weight is 741 g/mol. The summed E-state index contributed by atoms with van der Waals surface area (Å²) in [5, 5.41) is 0.717. The Labute approximate surface area is 308 Å². The van der Waals surface area contributed by atoms with E-state index in [9.17, 15) is 9.18 Å². The van der Waals surface area contributed by atoms with Gasteiger partial charge in [-0.1, -0.05) is 31.0 Å². The molecular weight excluding hydrogens is 690 g/mol. The maximum absolute atomic E-state index is 15.4. The number of hydrogen-bond acceptors (Lipinski definition) is 7. The molecule has 5 rings (SSSR count). The Morgan fingerprint density at radius 3 is 2.67 bits per heavy atom. The van der Waals surface area contributed by atoms with E-state index in [1.54, 1.807) is 30.1 Å². The van der Waals surface area contributed by atoms with Gasteiger partial charge in [-0.2, -0.15) is 4.98 Å². The van der Waals surface area contributed by atoms with Gasteiger partial charge in [0.2, 0.25) is 0 Å². The molecule has 2 heterocycles. The molecule has 1 fully saturated rings. The highest BCUT2D eigenvalue weighted by molar-refractivity contribution is 7.98. The van der Waals surface area contributed by atoms with Crippen molar-refractivity contribution in [2.45, 2.75) is 81.7 Å². The van der Waals surface area contributed by atoms with Gasteiger partial charge in [0, 0.05) is 53.8 Å². The predicted molar refractivity (Wildman–Crippen MR) is 207 cm³/mol. The molecule has 1 aliphatic rings. The number of hydrogen-bond donors (Lipinski definition) is 4. The molecule has 9 nitrogen and oxygen atoms in total. The van der Waals surface area contributed by atoms with Crippen LogP contribution in [0.2, 0.25) is 5.02 Å². The van der Waals surface area contributed by atoms with Gasteiger partial charge in [0.15, 0.2) is 5.82 Å². The topological polar surface area (TPSA) is 144 Å². The third kappa shape index (κ3) is 9.98. The SMILES string of the molecule is CCCC(c1ccc(-n2cc3cc(-c4cc(CCCC(N)C5CC5)cc(Cl)c4F)[nH]c3nc2=O)cc1SC)N(CCCF)CCCN=C(N)CN.